The van der Waals surface area contributed by atoms with Gasteiger partial charge >= 0.3 is 5.97 Å². The highest BCUT2D eigenvalue weighted by Gasteiger charge is 2.54. The number of benzene rings is 2. The van der Waals surface area contributed by atoms with E-state index >= 15 is 0 Å². The van der Waals surface area contributed by atoms with Crippen molar-refractivity contribution < 1.29 is 19.0 Å². The molecule has 0 aliphatic heterocycles. The summed E-state index contributed by atoms with van der Waals surface area (Å²) in [6.07, 6.45) is 8.28. The summed E-state index contributed by atoms with van der Waals surface area (Å²) >= 11 is 0. The van der Waals surface area contributed by atoms with Crippen LogP contribution in [0.4, 0.5) is 4.39 Å². The number of carbonyl (C=O) groups is 1. The number of aliphatic carboxylic acids is 1. The van der Waals surface area contributed by atoms with Gasteiger partial charge in [-0.15, -0.1) is 0 Å². The number of halogens is 1. The lowest BCUT2D eigenvalue weighted by Crippen LogP contribution is -2.46. The second kappa shape index (κ2) is 9.21. The SMILES string of the molecule is Cc1cc(-c2ccc(COc3ccc4c(c3)[C@@]3(CC4)CC[C@@H]3C(=O)O)cc2[C@@H]2CCCC2(C)C)c(F)cn1. The predicted molar refractivity (Wildman–Crippen MR) is 146 cm³/mol. The van der Waals surface area contributed by atoms with Crippen LogP contribution in [0.3, 0.4) is 0 Å². The molecule has 3 atom stereocenters. The van der Waals surface area contributed by atoms with Gasteiger partial charge in [-0.3, -0.25) is 9.78 Å². The maximum absolute atomic E-state index is 14.9. The number of rotatable bonds is 6. The van der Waals surface area contributed by atoms with Crippen molar-refractivity contribution in [1.29, 1.82) is 0 Å². The highest BCUT2D eigenvalue weighted by molar-refractivity contribution is 5.75. The van der Waals surface area contributed by atoms with Crippen molar-refractivity contribution in [2.45, 2.75) is 83.7 Å². The van der Waals surface area contributed by atoms with Gasteiger partial charge in [-0.25, -0.2) is 4.39 Å². The normalized spacial score (nSPS) is 25.3. The molecule has 198 valence electrons. The summed E-state index contributed by atoms with van der Waals surface area (Å²) < 4.78 is 21.2. The van der Waals surface area contributed by atoms with Crippen molar-refractivity contribution in [3.05, 3.63) is 82.4 Å². The molecule has 6 rings (SSSR count). The number of aryl methyl sites for hydroxylation is 2. The molecule has 38 heavy (non-hydrogen) atoms. The quantitative estimate of drug-likeness (QED) is 0.366. The van der Waals surface area contributed by atoms with E-state index in [4.69, 9.17) is 4.74 Å². The molecule has 0 amide bonds. The number of aromatic nitrogens is 1. The first-order valence-electron chi connectivity index (χ1n) is 13.9. The Bertz CT molecular complexity index is 1410. The van der Waals surface area contributed by atoms with Crippen LogP contribution in [0.5, 0.6) is 5.75 Å². The fourth-order valence-electron chi connectivity index (χ4n) is 7.49. The Morgan fingerprint density at radius 2 is 1.92 bits per heavy atom. The Kier molecular flexibility index (Phi) is 6.08. The molecule has 3 aliphatic rings. The molecule has 5 heteroatoms. The number of carboxylic acids is 1. The highest BCUT2D eigenvalue weighted by Crippen LogP contribution is 2.57. The van der Waals surface area contributed by atoms with Crippen LogP contribution in [0, 0.1) is 24.1 Å². The van der Waals surface area contributed by atoms with Crippen LogP contribution in [0.1, 0.15) is 86.2 Å². The molecule has 3 aliphatic carbocycles. The topological polar surface area (TPSA) is 59.4 Å². The first-order valence-corrected chi connectivity index (χ1v) is 13.9. The minimum Gasteiger partial charge on any atom is -0.489 e. The minimum atomic E-state index is -0.682. The number of carboxylic acid groups (broad SMARTS) is 1. The molecule has 1 spiro atoms. The second-order valence-corrected chi connectivity index (χ2v) is 12.4. The van der Waals surface area contributed by atoms with Crippen LogP contribution in [0.2, 0.25) is 0 Å². The van der Waals surface area contributed by atoms with E-state index in [1.807, 2.05) is 31.2 Å². The molecular weight excluding hydrogens is 477 g/mol. The highest BCUT2D eigenvalue weighted by atomic mass is 19.1. The van der Waals surface area contributed by atoms with Crippen molar-refractivity contribution in [1.82, 2.24) is 4.98 Å². The Hall–Kier alpha value is -3.21. The van der Waals surface area contributed by atoms with Crippen molar-refractivity contribution >= 4 is 5.97 Å². The van der Waals surface area contributed by atoms with Gasteiger partial charge in [0, 0.05) is 16.7 Å². The van der Waals surface area contributed by atoms with E-state index in [9.17, 15) is 14.3 Å². The van der Waals surface area contributed by atoms with Gasteiger partial charge < -0.3 is 9.84 Å². The summed E-state index contributed by atoms with van der Waals surface area (Å²) in [5.74, 6) is -0.139. The average molecular weight is 514 g/mol. The maximum Gasteiger partial charge on any atom is 0.307 e. The number of ether oxygens (including phenoxy) is 1. The van der Waals surface area contributed by atoms with Crippen LogP contribution >= 0.6 is 0 Å². The lowest BCUT2D eigenvalue weighted by Gasteiger charge is -2.45. The van der Waals surface area contributed by atoms with Crippen LogP contribution in [0.15, 0.2) is 48.7 Å². The van der Waals surface area contributed by atoms with E-state index < -0.39 is 5.97 Å². The Morgan fingerprint density at radius 3 is 2.63 bits per heavy atom. The fraction of sp³-hybridized carbons (Fsp3) is 0.455. The maximum atomic E-state index is 14.9. The third kappa shape index (κ3) is 4.11. The Morgan fingerprint density at radius 1 is 1.08 bits per heavy atom. The Labute approximate surface area is 224 Å². The summed E-state index contributed by atoms with van der Waals surface area (Å²) in [6.45, 7) is 6.94. The van der Waals surface area contributed by atoms with Crippen molar-refractivity contribution in [3.8, 4) is 16.9 Å². The monoisotopic (exact) mass is 513 g/mol. The van der Waals surface area contributed by atoms with Gasteiger partial charge in [0.25, 0.3) is 0 Å². The molecule has 0 saturated heterocycles. The summed E-state index contributed by atoms with van der Waals surface area (Å²) in [5, 5.41) is 9.74. The van der Waals surface area contributed by atoms with Gasteiger partial charge in [-0.2, -0.15) is 0 Å². The molecule has 2 saturated carbocycles. The van der Waals surface area contributed by atoms with Crippen LogP contribution in [-0.2, 0) is 23.2 Å². The number of fused-ring (bicyclic) bond motifs is 2. The van der Waals surface area contributed by atoms with Gasteiger partial charge in [-0.05, 0) is 103 Å². The lowest BCUT2D eigenvalue weighted by molar-refractivity contribution is -0.149. The zero-order valence-corrected chi connectivity index (χ0v) is 22.5. The smallest absolute Gasteiger partial charge is 0.307 e. The van der Waals surface area contributed by atoms with Crippen molar-refractivity contribution in [2.75, 3.05) is 0 Å². The zero-order valence-electron chi connectivity index (χ0n) is 22.5. The van der Waals surface area contributed by atoms with Crippen LogP contribution in [0.25, 0.3) is 11.1 Å². The van der Waals surface area contributed by atoms with Crippen LogP contribution < -0.4 is 4.74 Å². The molecule has 4 nitrogen and oxygen atoms in total. The Balaban J connectivity index is 1.30. The van der Waals surface area contributed by atoms with Crippen LogP contribution in [-0.4, -0.2) is 16.1 Å². The van der Waals surface area contributed by atoms with E-state index in [0.29, 0.717) is 18.1 Å². The molecule has 1 heterocycles. The van der Waals surface area contributed by atoms with Gasteiger partial charge in [0.2, 0.25) is 0 Å². The molecular formula is C33H36FNO3. The van der Waals surface area contributed by atoms with Crippen molar-refractivity contribution in [2.24, 2.45) is 11.3 Å². The number of hydrogen-bond acceptors (Lipinski definition) is 3. The van der Waals surface area contributed by atoms with Gasteiger partial charge in [0.05, 0.1) is 12.1 Å². The fourth-order valence-corrected chi connectivity index (χ4v) is 7.49. The standard InChI is InChI=1S/C33H36FNO3/c1-20-15-26(30(34)18-35-20)24-9-6-21(16-25(24)27-5-4-12-32(27,2)3)19-38-23-8-7-22-10-13-33(29(22)17-23)14-11-28(33)31(36)37/h6-9,15-18,27-28H,4-5,10-14,19H2,1-3H3,(H,36,37)/t27-,28+,33-/m0/s1. The van der Waals surface area contributed by atoms with E-state index in [-0.39, 0.29) is 22.6 Å². The molecule has 1 aromatic heterocycles. The molecule has 3 aromatic rings. The third-order valence-corrected chi connectivity index (χ3v) is 9.74. The number of nitrogens with zero attached hydrogens (tertiary/aromatic N) is 1. The first kappa shape index (κ1) is 25.1. The zero-order chi connectivity index (χ0) is 26.7. The molecule has 2 fully saturated rings. The number of pyridine rings is 1. The van der Waals surface area contributed by atoms with E-state index in [1.165, 1.54) is 29.3 Å². The molecule has 0 radical (unpaired) electrons. The first-order chi connectivity index (χ1) is 18.2. The lowest BCUT2D eigenvalue weighted by atomic mass is 9.57. The summed E-state index contributed by atoms with van der Waals surface area (Å²) in [5.41, 5.74) is 6.94. The molecule has 2 aromatic carbocycles. The molecule has 0 unspecified atom stereocenters. The largest absolute Gasteiger partial charge is 0.489 e. The van der Waals surface area contributed by atoms with Gasteiger partial charge in [0.1, 0.15) is 18.2 Å². The predicted octanol–water partition coefficient (Wildman–Crippen LogP) is 7.75. The second-order valence-electron chi connectivity index (χ2n) is 12.4. The van der Waals surface area contributed by atoms with E-state index in [1.54, 1.807) is 0 Å². The van der Waals surface area contributed by atoms with E-state index in [0.717, 1.165) is 61.1 Å². The minimum absolute atomic E-state index is 0.143. The molecule has 0 bridgehead atoms. The third-order valence-electron chi connectivity index (χ3n) is 9.74. The average Bonchev–Trinajstić information content (AvgIpc) is 3.43. The molecule has 1 N–H and O–H groups in total. The summed E-state index contributed by atoms with van der Waals surface area (Å²) in [6, 6.07) is 14.3. The summed E-state index contributed by atoms with van der Waals surface area (Å²) in [4.78, 5) is 16.0. The van der Waals surface area contributed by atoms with Gasteiger partial charge in [0.15, 0.2) is 0 Å². The van der Waals surface area contributed by atoms with E-state index in [2.05, 4.69) is 37.0 Å². The van der Waals surface area contributed by atoms with Gasteiger partial charge in [-0.1, -0.05) is 44.5 Å². The number of hydrogen-bond donors (Lipinski definition) is 1. The van der Waals surface area contributed by atoms with Crippen molar-refractivity contribution in [3.63, 3.8) is 0 Å². The summed E-state index contributed by atoms with van der Waals surface area (Å²) in [7, 11) is 0.